The predicted octanol–water partition coefficient (Wildman–Crippen LogP) is 4.89. The molecule has 2 aromatic carbocycles. The third-order valence-corrected chi connectivity index (χ3v) is 3.97. The molecule has 0 bridgehead atoms. The highest BCUT2D eigenvalue weighted by Gasteiger charge is 2.11. The Labute approximate surface area is 144 Å². The molecule has 3 aromatic rings. The maximum Gasteiger partial charge on any atom is 0.240 e. The van der Waals surface area contributed by atoms with Gasteiger partial charge in [-0.2, -0.15) is 4.98 Å². The van der Waals surface area contributed by atoms with E-state index in [1.54, 1.807) is 12.1 Å². The lowest BCUT2D eigenvalue weighted by Crippen LogP contribution is -2.18. The zero-order chi connectivity index (χ0) is 16.2. The van der Waals surface area contributed by atoms with Crippen molar-refractivity contribution in [1.29, 1.82) is 0 Å². The fourth-order valence-electron chi connectivity index (χ4n) is 2.18. The Kier molecular flexibility index (Phi) is 4.96. The summed E-state index contributed by atoms with van der Waals surface area (Å²) in [4.78, 5) is 4.38. The molecule has 0 radical (unpaired) electrons. The van der Waals surface area contributed by atoms with E-state index in [1.807, 2.05) is 36.4 Å². The van der Waals surface area contributed by atoms with Gasteiger partial charge in [-0.25, -0.2) is 0 Å². The summed E-state index contributed by atoms with van der Waals surface area (Å²) in [7, 11) is 0. The minimum Gasteiger partial charge on any atom is -0.338 e. The molecule has 0 spiro atoms. The average Bonchev–Trinajstić information content (AvgIpc) is 3.02. The molecule has 1 heterocycles. The lowest BCUT2D eigenvalue weighted by atomic mass is 10.1. The van der Waals surface area contributed by atoms with Gasteiger partial charge in [0.2, 0.25) is 11.7 Å². The summed E-state index contributed by atoms with van der Waals surface area (Å²) in [5.74, 6) is 1.08. The van der Waals surface area contributed by atoms with E-state index in [9.17, 15) is 0 Å². The van der Waals surface area contributed by atoms with Gasteiger partial charge in [-0.1, -0.05) is 40.5 Å². The van der Waals surface area contributed by atoms with Gasteiger partial charge in [0.1, 0.15) is 0 Å². The van der Waals surface area contributed by atoms with E-state index in [1.165, 1.54) is 0 Å². The number of hydrogen-bond acceptors (Lipinski definition) is 4. The predicted molar refractivity (Wildman–Crippen MR) is 91.5 cm³/mol. The Morgan fingerprint density at radius 3 is 2.61 bits per heavy atom. The molecule has 0 saturated carbocycles. The van der Waals surface area contributed by atoms with E-state index in [-0.39, 0.29) is 6.04 Å². The largest absolute Gasteiger partial charge is 0.338 e. The van der Waals surface area contributed by atoms with Crippen molar-refractivity contribution in [3.63, 3.8) is 0 Å². The van der Waals surface area contributed by atoms with Crippen molar-refractivity contribution in [1.82, 2.24) is 15.5 Å². The van der Waals surface area contributed by atoms with Crippen LogP contribution in [0.2, 0.25) is 10.0 Å². The maximum absolute atomic E-state index is 6.01. The number of aromatic nitrogens is 2. The van der Waals surface area contributed by atoms with E-state index in [0.29, 0.717) is 23.3 Å². The molecular formula is C17H15Cl2N3O. The van der Waals surface area contributed by atoms with Crippen LogP contribution in [-0.4, -0.2) is 10.1 Å². The Bertz CT molecular complexity index is 787. The minimum absolute atomic E-state index is 0.125. The third kappa shape index (κ3) is 4.10. The topological polar surface area (TPSA) is 51.0 Å². The highest BCUT2D eigenvalue weighted by atomic mass is 35.5. The molecule has 1 aromatic heterocycles. The van der Waals surface area contributed by atoms with E-state index < -0.39 is 0 Å². The monoisotopic (exact) mass is 347 g/mol. The van der Waals surface area contributed by atoms with Crippen LogP contribution in [-0.2, 0) is 6.54 Å². The van der Waals surface area contributed by atoms with E-state index >= 15 is 0 Å². The zero-order valence-electron chi connectivity index (χ0n) is 12.5. The summed E-state index contributed by atoms with van der Waals surface area (Å²) in [6.45, 7) is 2.54. The third-order valence-electron chi connectivity index (χ3n) is 3.48. The van der Waals surface area contributed by atoms with Crippen LogP contribution in [0, 0.1) is 0 Å². The number of rotatable bonds is 5. The Balaban J connectivity index is 1.64. The van der Waals surface area contributed by atoms with Gasteiger partial charge in [-0.3, -0.25) is 0 Å². The first-order valence-electron chi connectivity index (χ1n) is 7.19. The van der Waals surface area contributed by atoms with Gasteiger partial charge in [0.05, 0.1) is 6.54 Å². The van der Waals surface area contributed by atoms with Gasteiger partial charge in [0.25, 0.3) is 0 Å². The van der Waals surface area contributed by atoms with Gasteiger partial charge < -0.3 is 9.84 Å². The maximum atomic E-state index is 6.01. The van der Waals surface area contributed by atoms with Crippen LogP contribution in [0.25, 0.3) is 11.4 Å². The molecule has 0 unspecified atom stereocenters. The molecule has 6 heteroatoms. The van der Waals surface area contributed by atoms with Crippen molar-refractivity contribution in [2.24, 2.45) is 0 Å². The van der Waals surface area contributed by atoms with E-state index in [0.717, 1.165) is 16.1 Å². The Morgan fingerprint density at radius 1 is 1.09 bits per heavy atom. The molecule has 0 amide bonds. The van der Waals surface area contributed by atoms with Gasteiger partial charge >= 0.3 is 0 Å². The smallest absolute Gasteiger partial charge is 0.240 e. The molecule has 1 N–H and O–H groups in total. The second-order valence-electron chi connectivity index (χ2n) is 5.18. The number of hydrogen-bond donors (Lipinski definition) is 1. The first kappa shape index (κ1) is 16.0. The highest BCUT2D eigenvalue weighted by Crippen LogP contribution is 2.20. The molecule has 23 heavy (non-hydrogen) atoms. The van der Waals surface area contributed by atoms with Crippen molar-refractivity contribution in [3.8, 4) is 11.4 Å². The summed E-state index contributed by atoms with van der Waals surface area (Å²) in [5, 5.41) is 8.73. The summed E-state index contributed by atoms with van der Waals surface area (Å²) < 4.78 is 5.28. The second-order valence-corrected chi connectivity index (χ2v) is 6.05. The van der Waals surface area contributed by atoms with Gasteiger partial charge in [-0.05, 0) is 48.9 Å². The molecule has 4 nitrogen and oxygen atoms in total. The lowest BCUT2D eigenvalue weighted by Gasteiger charge is -2.12. The minimum atomic E-state index is 0.125. The number of halogens is 2. The molecule has 3 rings (SSSR count). The standard InChI is InChI=1S/C17H15Cl2N3O/c1-11(13-3-2-4-15(19)9-13)20-10-16-21-17(22-23-16)12-5-7-14(18)8-6-12/h2-9,11,20H,10H2,1H3/t11-/m0/s1. The Morgan fingerprint density at radius 2 is 1.87 bits per heavy atom. The molecule has 0 aliphatic rings. The van der Waals surface area contributed by atoms with Crippen molar-refractivity contribution in [2.45, 2.75) is 19.5 Å². The van der Waals surface area contributed by atoms with Crippen LogP contribution >= 0.6 is 23.2 Å². The average molecular weight is 348 g/mol. The van der Waals surface area contributed by atoms with Gasteiger partial charge in [-0.15, -0.1) is 0 Å². The first-order valence-corrected chi connectivity index (χ1v) is 7.95. The van der Waals surface area contributed by atoms with E-state index in [4.69, 9.17) is 27.7 Å². The molecule has 0 saturated heterocycles. The molecule has 0 aliphatic heterocycles. The quantitative estimate of drug-likeness (QED) is 0.713. The SMILES string of the molecule is C[C@H](NCc1nc(-c2ccc(Cl)cc2)no1)c1cccc(Cl)c1. The number of nitrogens with one attached hydrogen (secondary N) is 1. The van der Waals surface area contributed by atoms with Gasteiger partial charge in [0.15, 0.2) is 0 Å². The first-order chi connectivity index (χ1) is 11.1. The summed E-state index contributed by atoms with van der Waals surface area (Å²) in [6.07, 6.45) is 0. The van der Waals surface area contributed by atoms with Crippen LogP contribution in [0.5, 0.6) is 0 Å². The molecule has 118 valence electrons. The van der Waals surface area contributed by atoms with Crippen LogP contribution in [0.1, 0.15) is 24.4 Å². The Hall–Kier alpha value is -1.88. The fraction of sp³-hybridized carbons (Fsp3) is 0.176. The zero-order valence-corrected chi connectivity index (χ0v) is 14.0. The molecule has 0 aliphatic carbocycles. The number of benzene rings is 2. The van der Waals surface area contributed by atoms with Crippen molar-refractivity contribution >= 4 is 23.2 Å². The van der Waals surface area contributed by atoms with Gasteiger partial charge in [0, 0.05) is 21.7 Å². The van der Waals surface area contributed by atoms with Crippen LogP contribution < -0.4 is 5.32 Å². The highest BCUT2D eigenvalue weighted by molar-refractivity contribution is 6.30. The molecule has 0 fully saturated rings. The molecular weight excluding hydrogens is 333 g/mol. The van der Waals surface area contributed by atoms with Crippen LogP contribution in [0.4, 0.5) is 0 Å². The van der Waals surface area contributed by atoms with E-state index in [2.05, 4.69) is 22.4 Å². The second kappa shape index (κ2) is 7.13. The fourth-order valence-corrected chi connectivity index (χ4v) is 2.50. The van der Waals surface area contributed by atoms with Crippen LogP contribution in [0.3, 0.4) is 0 Å². The lowest BCUT2D eigenvalue weighted by molar-refractivity contribution is 0.360. The van der Waals surface area contributed by atoms with Crippen LogP contribution in [0.15, 0.2) is 53.1 Å². The normalized spacial score (nSPS) is 12.3. The van der Waals surface area contributed by atoms with Crippen molar-refractivity contribution < 1.29 is 4.52 Å². The number of nitrogens with zero attached hydrogens (tertiary/aromatic N) is 2. The summed E-state index contributed by atoms with van der Waals surface area (Å²) in [6, 6.07) is 15.2. The summed E-state index contributed by atoms with van der Waals surface area (Å²) in [5.41, 5.74) is 1.97. The van der Waals surface area contributed by atoms with Crippen molar-refractivity contribution in [3.05, 3.63) is 70.0 Å². The molecule has 1 atom stereocenters. The van der Waals surface area contributed by atoms with Crippen molar-refractivity contribution in [2.75, 3.05) is 0 Å². The summed E-state index contributed by atoms with van der Waals surface area (Å²) >= 11 is 11.9.